The quantitative estimate of drug-likeness (QED) is 0.756. The Hall–Kier alpha value is -0.820. The zero-order chi connectivity index (χ0) is 13.1. The highest BCUT2D eigenvalue weighted by atomic mass is 19.4. The Kier molecular flexibility index (Phi) is 4.37. The zero-order valence-corrected chi connectivity index (χ0v) is 9.93. The molecule has 1 aliphatic rings. The molecule has 1 aliphatic heterocycles. The summed E-state index contributed by atoms with van der Waals surface area (Å²) < 4.78 is 43.9. The summed E-state index contributed by atoms with van der Waals surface area (Å²) in [5.41, 5.74) is -2.55. The lowest BCUT2D eigenvalue weighted by Crippen LogP contribution is -2.66. The lowest BCUT2D eigenvalue weighted by molar-refractivity contribution is -0.236. The molecule has 1 heterocycles. The Bertz CT molecular complexity index is 277. The number of piperazine rings is 1. The van der Waals surface area contributed by atoms with Gasteiger partial charge in [0.05, 0.1) is 6.61 Å². The normalized spacial score (nSPS) is 21.9. The summed E-state index contributed by atoms with van der Waals surface area (Å²) in [5, 5.41) is 2.95. The van der Waals surface area contributed by atoms with Crippen LogP contribution in [0.3, 0.4) is 0 Å². The number of nitrogens with zero attached hydrogens (tertiary/aromatic N) is 1. The number of carbonyl (C=O) groups excluding carboxylic acids is 1. The second-order valence-corrected chi connectivity index (χ2v) is 4.03. The highest BCUT2D eigenvalue weighted by molar-refractivity contribution is 5.81. The smallest absolute Gasteiger partial charge is 0.417 e. The van der Waals surface area contributed by atoms with Crippen LogP contribution in [0.1, 0.15) is 13.8 Å². The first-order valence-corrected chi connectivity index (χ1v) is 5.53. The van der Waals surface area contributed by atoms with E-state index in [0.717, 1.165) is 11.8 Å². The van der Waals surface area contributed by atoms with Gasteiger partial charge < -0.3 is 10.1 Å². The van der Waals surface area contributed by atoms with Crippen LogP contribution in [0.4, 0.5) is 13.2 Å². The number of rotatable bonds is 3. The fourth-order valence-corrected chi connectivity index (χ4v) is 1.81. The minimum atomic E-state index is -4.64. The van der Waals surface area contributed by atoms with E-state index in [2.05, 4.69) is 10.1 Å². The van der Waals surface area contributed by atoms with Gasteiger partial charge in [0.25, 0.3) is 0 Å². The summed E-state index contributed by atoms with van der Waals surface area (Å²) in [5.74, 6) is -1.23. The summed E-state index contributed by atoms with van der Waals surface area (Å²) >= 11 is 0. The number of alkyl halides is 3. The first-order chi connectivity index (χ1) is 7.84. The number of hydrogen-bond acceptors (Lipinski definition) is 4. The van der Waals surface area contributed by atoms with Gasteiger partial charge in [-0.3, -0.25) is 4.90 Å². The van der Waals surface area contributed by atoms with Crippen LogP contribution in [-0.2, 0) is 9.53 Å². The van der Waals surface area contributed by atoms with Gasteiger partial charge in [0.15, 0.2) is 0 Å². The van der Waals surface area contributed by atoms with Gasteiger partial charge in [-0.1, -0.05) is 0 Å². The molecule has 4 nitrogen and oxygen atoms in total. The molecule has 0 aromatic carbocycles. The largest absolute Gasteiger partial charge is 0.464 e. The fraction of sp³-hybridized carbons (Fsp3) is 0.900. The van der Waals surface area contributed by atoms with Gasteiger partial charge in [-0.2, -0.15) is 13.2 Å². The van der Waals surface area contributed by atoms with Crippen molar-refractivity contribution < 1.29 is 22.7 Å². The molecule has 1 atom stereocenters. The van der Waals surface area contributed by atoms with Crippen molar-refractivity contribution in [2.24, 2.45) is 0 Å². The lowest BCUT2D eigenvalue weighted by Gasteiger charge is -2.42. The van der Waals surface area contributed by atoms with Gasteiger partial charge >= 0.3 is 12.1 Å². The van der Waals surface area contributed by atoms with Gasteiger partial charge in [-0.05, 0) is 13.8 Å². The molecular weight excluding hydrogens is 237 g/mol. The number of esters is 1. The predicted molar refractivity (Wildman–Crippen MR) is 55.5 cm³/mol. The maximum Gasteiger partial charge on any atom is 0.417 e. The topological polar surface area (TPSA) is 41.6 Å². The van der Waals surface area contributed by atoms with Crippen molar-refractivity contribution >= 4 is 5.97 Å². The highest BCUT2D eigenvalue weighted by Crippen LogP contribution is 2.36. The average Bonchev–Trinajstić information content (AvgIpc) is 2.28. The molecule has 1 fully saturated rings. The van der Waals surface area contributed by atoms with E-state index in [0.29, 0.717) is 13.1 Å². The molecule has 0 radical (unpaired) electrons. The van der Waals surface area contributed by atoms with Crippen LogP contribution in [0.2, 0.25) is 0 Å². The van der Waals surface area contributed by atoms with Gasteiger partial charge in [0.1, 0.15) is 0 Å². The van der Waals surface area contributed by atoms with E-state index in [1.807, 2.05) is 0 Å². The van der Waals surface area contributed by atoms with Crippen molar-refractivity contribution in [1.82, 2.24) is 10.2 Å². The molecule has 0 aromatic heterocycles. The molecule has 1 unspecified atom stereocenters. The molecule has 0 bridgehead atoms. The number of carbonyl (C=O) groups is 1. The first-order valence-electron chi connectivity index (χ1n) is 5.53. The minimum Gasteiger partial charge on any atom is -0.464 e. The maximum absolute atomic E-state index is 13.1. The standard InChI is InChI=1S/C10H17F3N2O2/c1-3-17-8(16)9(2,10(11,12)13)15-6-4-14-5-7-15/h14H,3-7H2,1-2H3. The van der Waals surface area contributed by atoms with Crippen LogP contribution in [-0.4, -0.2) is 55.4 Å². The number of nitrogens with one attached hydrogen (secondary N) is 1. The Morgan fingerprint density at radius 2 is 1.88 bits per heavy atom. The Morgan fingerprint density at radius 3 is 2.29 bits per heavy atom. The van der Waals surface area contributed by atoms with Crippen molar-refractivity contribution in [1.29, 1.82) is 0 Å². The second-order valence-electron chi connectivity index (χ2n) is 4.03. The average molecular weight is 254 g/mol. The van der Waals surface area contributed by atoms with Crippen LogP contribution >= 0.6 is 0 Å². The fourth-order valence-electron chi connectivity index (χ4n) is 1.81. The monoisotopic (exact) mass is 254 g/mol. The van der Waals surface area contributed by atoms with E-state index in [1.54, 1.807) is 0 Å². The van der Waals surface area contributed by atoms with Crippen molar-refractivity contribution in [3.63, 3.8) is 0 Å². The molecule has 100 valence electrons. The van der Waals surface area contributed by atoms with E-state index in [9.17, 15) is 18.0 Å². The summed E-state index contributed by atoms with van der Waals surface area (Å²) in [4.78, 5) is 12.7. The van der Waals surface area contributed by atoms with Crippen LogP contribution in [0.15, 0.2) is 0 Å². The summed E-state index contributed by atoms with van der Waals surface area (Å²) in [6.07, 6.45) is -4.64. The summed E-state index contributed by atoms with van der Waals surface area (Å²) in [6, 6.07) is 0. The van der Waals surface area contributed by atoms with Crippen LogP contribution in [0, 0.1) is 0 Å². The zero-order valence-electron chi connectivity index (χ0n) is 9.93. The van der Waals surface area contributed by atoms with E-state index in [4.69, 9.17) is 0 Å². The van der Waals surface area contributed by atoms with Crippen molar-refractivity contribution in [3.8, 4) is 0 Å². The minimum absolute atomic E-state index is 0.0589. The van der Waals surface area contributed by atoms with Crippen molar-refractivity contribution in [2.45, 2.75) is 25.6 Å². The Balaban J connectivity index is 2.96. The summed E-state index contributed by atoms with van der Waals surface area (Å²) in [6.45, 7) is 3.54. The lowest BCUT2D eigenvalue weighted by atomic mass is 9.98. The molecule has 1 rings (SSSR count). The van der Waals surface area contributed by atoms with Gasteiger partial charge in [0.2, 0.25) is 5.54 Å². The molecular formula is C10H17F3N2O2. The van der Waals surface area contributed by atoms with Gasteiger partial charge in [-0.25, -0.2) is 4.79 Å². The summed E-state index contributed by atoms with van der Waals surface area (Å²) in [7, 11) is 0. The van der Waals surface area contributed by atoms with Crippen LogP contribution in [0.25, 0.3) is 0 Å². The molecule has 1 N–H and O–H groups in total. The van der Waals surface area contributed by atoms with Crippen molar-refractivity contribution in [2.75, 3.05) is 32.8 Å². The second kappa shape index (κ2) is 5.22. The molecule has 1 saturated heterocycles. The predicted octanol–water partition coefficient (Wildman–Crippen LogP) is 0.776. The van der Waals surface area contributed by atoms with E-state index < -0.39 is 17.7 Å². The Labute approximate surface area is 98.1 Å². The van der Waals surface area contributed by atoms with Crippen LogP contribution in [0.5, 0.6) is 0 Å². The third kappa shape index (κ3) is 2.71. The van der Waals surface area contributed by atoms with Gasteiger partial charge in [-0.15, -0.1) is 0 Å². The highest BCUT2D eigenvalue weighted by Gasteiger charge is 2.61. The van der Waals surface area contributed by atoms with E-state index in [1.165, 1.54) is 6.92 Å². The molecule has 0 aromatic rings. The SMILES string of the molecule is CCOC(=O)C(C)(N1CCNCC1)C(F)(F)F. The maximum atomic E-state index is 13.1. The molecule has 0 amide bonds. The molecule has 0 spiro atoms. The number of hydrogen-bond donors (Lipinski definition) is 1. The number of ether oxygens (including phenoxy) is 1. The number of halogens is 3. The molecule has 7 heteroatoms. The van der Waals surface area contributed by atoms with E-state index >= 15 is 0 Å². The molecule has 17 heavy (non-hydrogen) atoms. The third-order valence-corrected chi connectivity index (χ3v) is 2.97. The Morgan fingerprint density at radius 1 is 1.35 bits per heavy atom. The first kappa shape index (κ1) is 14.2. The van der Waals surface area contributed by atoms with Gasteiger partial charge in [0, 0.05) is 26.2 Å². The molecule has 0 saturated carbocycles. The molecule has 0 aliphatic carbocycles. The third-order valence-electron chi connectivity index (χ3n) is 2.97. The van der Waals surface area contributed by atoms with E-state index in [-0.39, 0.29) is 19.7 Å². The van der Waals surface area contributed by atoms with Crippen molar-refractivity contribution in [3.05, 3.63) is 0 Å². The van der Waals surface area contributed by atoms with Crippen LogP contribution < -0.4 is 5.32 Å².